The zero-order valence-corrected chi connectivity index (χ0v) is 16.9. The van der Waals surface area contributed by atoms with Crippen LogP contribution in [0.25, 0.3) is 5.57 Å². The summed E-state index contributed by atoms with van der Waals surface area (Å²) >= 11 is 0. The fraction of sp³-hybridized carbons (Fsp3) is 0.429. The minimum Gasteiger partial charge on any atom is -0.466 e. The van der Waals surface area contributed by atoms with E-state index in [0.29, 0.717) is 6.61 Å². The van der Waals surface area contributed by atoms with Crippen LogP contribution >= 0.6 is 0 Å². The van der Waals surface area contributed by atoms with Crippen LogP contribution in [0.2, 0.25) is 19.6 Å². The predicted molar refractivity (Wildman–Crippen MR) is 104 cm³/mol. The first-order valence-electron chi connectivity index (χ1n) is 8.39. The third-order valence-electron chi connectivity index (χ3n) is 3.25. The highest BCUT2D eigenvalue weighted by Gasteiger charge is 2.22. The normalized spacial score (nSPS) is 11.6. The van der Waals surface area contributed by atoms with Crippen molar-refractivity contribution in [3.63, 3.8) is 0 Å². The lowest BCUT2D eigenvalue weighted by Crippen LogP contribution is -2.17. The molecule has 1 aromatic rings. The van der Waals surface area contributed by atoms with Gasteiger partial charge in [0.05, 0.1) is 12.5 Å². The largest absolute Gasteiger partial charge is 0.466 e. The van der Waals surface area contributed by atoms with Gasteiger partial charge in [-0.05, 0) is 39.3 Å². The molecule has 1 unspecified atom stereocenters. The van der Waals surface area contributed by atoms with Gasteiger partial charge in [-0.15, -0.1) is 11.3 Å². The highest BCUT2D eigenvalue weighted by Crippen LogP contribution is 2.27. The molecule has 0 aliphatic rings. The molecule has 1 rings (SSSR count). The van der Waals surface area contributed by atoms with Gasteiger partial charge >= 0.3 is 5.97 Å². The number of carbonyl (C=O) groups excluding carboxylic acids is 1. The van der Waals surface area contributed by atoms with E-state index < -0.39 is 8.07 Å². The van der Waals surface area contributed by atoms with E-state index in [1.165, 1.54) is 0 Å². The van der Waals surface area contributed by atoms with Crippen LogP contribution in [-0.4, -0.2) is 20.7 Å². The van der Waals surface area contributed by atoms with Gasteiger partial charge < -0.3 is 4.74 Å². The Kier molecular flexibility index (Phi) is 7.29. The van der Waals surface area contributed by atoms with Crippen LogP contribution in [-0.2, 0) is 9.53 Å². The minimum absolute atomic E-state index is 0.228. The second-order valence-electron chi connectivity index (χ2n) is 7.06. The van der Waals surface area contributed by atoms with Crippen molar-refractivity contribution >= 4 is 19.6 Å². The molecule has 3 heteroatoms. The summed E-state index contributed by atoms with van der Waals surface area (Å²) < 4.78 is 5.20. The third-order valence-corrected chi connectivity index (χ3v) is 4.12. The molecule has 0 saturated heterocycles. The van der Waals surface area contributed by atoms with Crippen molar-refractivity contribution < 1.29 is 9.53 Å². The standard InChI is InChI=1S/C21H28O2Si/c1-8-23-21(22)17(4)20(15-16(2)3)19-12-10-9-11-18(19)13-14-24(5,6)7/h9-12,17H,8H2,1-7H3. The number of rotatable bonds is 4. The van der Waals surface area contributed by atoms with Crippen molar-refractivity contribution in [3.05, 3.63) is 46.7 Å². The summed E-state index contributed by atoms with van der Waals surface area (Å²) in [6.45, 7) is 14.7. The van der Waals surface area contributed by atoms with E-state index in [-0.39, 0.29) is 11.9 Å². The molecule has 0 radical (unpaired) electrons. The van der Waals surface area contributed by atoms with Crippen molar-refractivity contribution in [2.24, 2.45) is 5.92 Å². The van der Waals surface area contributed by atoms with Crippen LogP contribution < -0.4 is 0 Å². The minimum atomic E-state index is -1.48. The summed E-state index contributed by atoms with van der Waals surface area (Å²) in [5.74, 6) is 2.71. The fourth-order valence-electron chi connectivity index (χ4n) is 2.15. The molecule has 0 spiro atoms. The molecule has 1 atom stereocenters. The molecule has 0 fully saturated rings. The van der Waals surface area contributed by atoms with E-state index in [1.807, 2.05) is 52.0 Å². The Morgan fingerprint density at radius 2 is 1.83 bits per heavy atom. The van der Waals surface area contributed by atoms with Crippen LogP contribution in [0.5, 0.6) is 0 Å². The predicted octanol–water partition coefficient (Wildman–Crippen LogP) is 5.06. The van der Waals surface area contributed by atoms with Gasteiger partial charge in [-0.1, -0.05) is 43.8 Å². The molecule has 2 nitrogen and oxygen atoms in total. The lowest BCUT2D eigenvalue weighted by molar-refractivity contribution is -0.145. The smallest absolute Gasteiger partial charge is 0.313 e. The maximum Gasteiger partial charge on any atom is 0.313 e. The van der Waals surface area contributed by atoms with Crippen molar-refractivity contribution in [1.82, 2.24) is 0 Å². The fourth-order valence-corrected chi connectivity index (χ4v) is 2.65. The number of esters is 1. The van der Waals surface area contributed by atoms with E-state index in [9.17, 15) is 4.79 Å². The Bertz CT molecular complexity index is 716. The van der Waals surface area contributed by atoms with Crippen LogP contribution in [0.1, 0.15) is 38.8 Å². The van der Waals surface area contributed by atoms with E-state index in [4.69, 9.17) is 4.74 Å². The monoisotopic (exact) mass is 340 g/mol. The summed E-state index contributed by atoms with van der Waals surface area (Å²) in [7, 11) is -1.48. The molecular weight excluding hydrogens is 312 g/mol. The molecule has 0 aromatic heterocycles. The zero-order valence-electron chi connectivity index (χ0n) is 15.9. The van der Waals surface area contributed by atoms with Gasteiger partial charge in [0.2, 0.25) is 0 Å². The summed E-state index contributed by atoms with van der Waals surface area (Å²) in [4.78, 5) is 12.2. The lowest BCUT2D eigenvalue weighted by Gasteiger charge is -2.15. The first-order chi connectivity index (χ1) is 11.2. The van der Waals surface area contributed by atoms with Crippen LogP contribution in [0.15, 0.2) is 35.6 Å². The summed E-state index contributed by atoms with van der Waals surface area (Å²) in [5, 5.41) is 0. The quantitative estimate of drug-likeness (QED) is 0.331. The first kappa shape index (κ1) is 20.0. The van der Waals surface area contributed by atoms with E-state index in [0.717, 1.165) is 22.3 Å². The first-order valence-corrected chi connectivity index (χ1v) is 11.9. The molecule has 1 aromatic carbocycles. The average Bonchev–Trinajstić information content (AvgIpc) is 2.49. The van der Waals surface area contributed by atoms with Gasteiger partial charge in [0, 0.05) is 16.7 Å². The third kappa shape index (κ3) is 6.24. The second-order valence-corrected chi connectivity index (χ2v) is 11.8. The molecule has 0 saturated carbocycles. The number of ether oxygens (including phenoxy) is 1. The Balaban J connectivity index is 3.49. The van der Waals surface area contributed by atoms with Crippen molar-refractivity contribution in [2.45, 2.75) is 47.3 Å². The van der Waals surface area contributed by atoms with Crippen LogP contribution in [0, 0.1) is 17.4 Å². The number of hydrogen-bond acceptors (Lipinski definition) is 2. The molecule has 128 valence electrons. The molecule has 0 N–H and O–H groups in total. The van der Waals surface area contributed by atoms with E-state index >= 15 is 0 Å². The van der Waals surface area contributed by atoms with Crippen LogP contribution in [0.4, 0.5) is 0 Å². The van der Waals surface area contributed by atoms with Gasteiger partial charge in [0.25, 0.3) is 0 Å². The topological polar surface area (TPSA) is 26.3 Å². The van der Waals surface area contributed by atoms with Crippen molar-refractivity contribution in [3.8, 4) is 11.5 Å². The second kappa shape index (κ2) is 8.73. The summed E-state index contributed by atoms with van der Waals surface area (Å²) in [6, 6.07) is 7.97. The van der Waals surface area contributed by atoms with Gasteiger partial charge in [-0.3, -0.25) is 4.79 Å². The maximum absolute atomic E-state index is 12.2. The van der Waals surface area contributed by atoms with Gasteiger partial charge in [-0.2, -0.15) is 0 Å². The van der Waals surface area contributed by atoms with Crippen molar-refractivity contribution in [1.29, 1.82) is 0 Å². The molecule has 0 amide bonds. The molecule has 0 heterocycles. The molecule has 0 aliphatic carbocycles. The Morgan fingerprint density at radius 1 is 1.21 bits per heavy atom. The van der Waals surface area contributed by atoms with Crippen LogP contribution in [0.3, 0.4) is 0 Å². The molecule has 0 bridgehead atoms. The maximum atomic E-state index is 12.2. The molecule has 24 heavy (non-hydrogen) atoms. The number of benzene rings is 1. The Hall–Kier alpha value is -2.01. The highest BCUT2D eigenvalue weighted by atomic mass is 28.3. The lowest BCUT2D eigenvalue weighted by atomic mass is 9.91. The highest BCUT2D eigenvalue weighted by molar-refractivity contribution is 6.83. The molecular formula is C21H28O2Si. The summed E-state index contributed by atoms with van der Waals surface area (Å²) in [5.41, 5.74) is 10.5. The average molecular weight is 341 g/mol. The Morgan fingerprint density at radius 3 is 2.38 bits per heavy atom. The zero-order chi connectivity index (χ0) is 18.3. The SMILES string of the molecule is CCOC(=O)C(C)C(=C=C(C)C)c1ccccc1C#C[Si](C)(C)C. The van der Waals surface area contributed by atoms with E-state index in [1.54, 1.807) is 0 Å². The number of carbonyl (C=O) groups is 1. The number of hydrogen-bond donors (Lipinski definition) is 0. The summed E-state index contributed by atoms with van der Waals surface area (Å²) in [6.07, 6.45) is 0. The molecule has 0 aliphatic heterocycles. The van der Waals surface area contributed by atoms with Gasteiger partial charge in [0.15, 0.2) is 0 Å². The van der Waals surface area contributed by atoms with Gasteiger partial charge in [-0.25, -0.2) is 0 Å². The van der Waals surface area contributed by atoms with Gasteiger partial charge in [0.1, 0.15) is 8.07 Å². The van der Waals surface area contributed by atoms with E-state index in [2.05, 4.69) is 36.8 Å². The van der Waals surface area contributed by atoms with Crippen molar-refractivity contribution in [2.75, 3.05) is 6.61 Å². The Labute approximate surface area is 147 Å².